The fraction of sp³-hybridized carbons (Fsp3) is 0.462. The predicted molar refractivity (Wildman–Crippen MR) is 134 cm³/mol. The molecule has 0 saturated carbocycles. The second-order valence-electron chi connectivity index (χ2n) is 8.96. The second-order valence-corrected chi connectivity index (χ2v) is 8.96. The quantitative estimate of drug-likeness (QED) is 0.674. The fourth-order valence-corrected chi connectivity index (χ4v) is 4.10. The highest BCUT2D eigenvalue weighted by atomic mass is 16.5. The summed E-state index contributed by atoms with van der Waals surface area (Å²) < 4.78 is 16.7. The van der Waals surface area contributed by atoms with Crippen molar-refractivity contribution in [3.8, 4) is 5.75 Å². The van der Waals surface area contributed by atoms with Gasteiger partial charge in [0.2, 0.25) is 5.91 Å². The Labute approximate surface area is 211 Å². The number of carbonyl (C=O) groups excluding carboxylic acids is 3. The normalized spacial score (nSPS) is 21.0. The maximum atomic E-state index is 13.4. The van der Waals surface area contributed by atoms with Gasteiger partial charge in [0.05, 0.1) is 17.7 Å². The number of aromatic nitrogens is 1. The van der Waals surface area contributed by atoms with E-state index in [2.05, 4.69) is 10.3 Å². The van der Waals surface area contributed by atoms with E-state index < -0.39 is 0 Å². The van der Waals surface area contributed by atoms with Gasteiger partial charge >= 0.3 is 0 Å². The molecule has 0 bridgehead atoms. The SMILES string of the molecule is COCC(=O)Nc1ccc2c(c1)OC[C@@H](C)N(C(=O)c1ccccn1)C[C@@H](C)[C@H](OC)CN(C)C2=O. The van der Waals surface area contributed by atoms with E-state index in [0.717, 1.165) is 0 Å². The number of hydrogen-bond donors (Lipinski definition) is 1. The van der Waals surface area contributed by atoms with E-state index in [9.17, 15) is 14.4 Å². The van der Waals surface area contributed by atoms with Crippen LogP contribution in [0.25, 0.3) is 0 Å². The van der Waals surface area contributed by atoms with Gasteiger partial charge in [-0.1, -0.05) is 13.0 Å². The number of anilines is 1. The van der Waals surface area contributed by atoms with Crippen LogP contribution in [0.3, 0.4) is 0 Å². The summed E-state index contributed by atoms with van der Waals surface area (Å²) in [6.45, 7) is 4.62. The molecule has 1 aromatic heterocycles. The summed E-state index contributed by atoms with van der Waals surface area (Å²) in [7, 11) is 4.74. The first-order valence-corrected chi connectivity index (χ1v) is 11.8. The van der Waals surface area contributed by atoms with Gasteiger partial charge in [-0.2, -0.15) is 0 Å². The monoisotopic (exact) mass is 498 g/mol. The number of rotatable bonds is 5. The molecule has 0 spiro atoms. The molecule has 1 aromatic carbocycles. The zero-order valence-corrected chi connectivity index (χ0v) is 21.4. The number of methoxy groups -OCH3 is 2. The van der Waals surface area contributed by atoms with E-state index in [1.54, 1.807) is 66.6 Å². The third kappa shape index (κ3) is 6.58. The lowest BCUT2D eigenvalue weighted by molar-refractivity contribution is -0.119. The topological polar surface area (TPSA) is 110 Å². The van der Waals surface area contributed by atoms with Crippen LogP contribution < -0.4 is 10.1 Å². The maximum Gasteiger partial charge on any atom is 0.272 e. The van der Waals surface area contributed by atoms with Crippen LogP contribution >= 0.6 is 0 Å². The molecule has 2 heterocycles. The van der Waals surface area contributed by atoms with Crippen LogP contribution in [0, 0.1) is 5.92 Å². The largest absolute Gasteiger partial charge is 0.491 e. The van der Waals surface area contributed by atoms with Crippen LogP contribution in [0.5, 0.6) is 5.75 Å². The Kier molecular flexibility index (Phi) is 9.38. The molecule has 36 heavy (non-hydrogen) atoms. The number of pyridine rings is 1. The average molecular weight is 499 g/mol. The van der Waals surface area contributed by atoms with Crippen LogP contribution in [0.4, 0.5) is 5.69 Å². The number of ether oxygens (including phenoxy) is 3. The highest BCUT2D eigenvalue weighted by Crippen LogP contribution is 2.27. The van der Waals surface area contributed by atoms with E-state index in [1.807, 2.05) is 13.8 Å². The molecular formula is C26H34N4O6. The molecule has 2 aromatic rings. The van der Waals surface area contributed by atoms with Gasteiger partial charge in [0, 0.05) is 58.2 Å². The first kappa shape index (κ1) is 27.1. The van der Waals surface area contributed by atoms with Gasteiger partial charge in [0.25, 0.3) is 11.8 Å². The molecule has 194 valence electrons. The highest BCUT2D eigenvalue weighted by molar-refractivity contribution is 5.98. The number of carbonyl (C=O) groups is 3. The summed E-state index contributed by atoms with van der Waals surface area (Å²) in [5.41, 5.74) is 1.16. The lowest BCUT2D eigenvalue weighted by atomic mass is 10.0. The molecule has 10 nitrogen and oxygen atoms in total. The minimum atomic E-state index is -0.341. The number of amides is 3. The third-order valence-electron chi connectivity index (χ3n) is 6.15. The Morgan fingerprint density at radius 1 is 1.17 bits per heavy atom. The molecule has 1 aliphatic heterocycles. The van der Waals surface area contributed by atoms with E-state index in [4.69, 9.17) is 14.2 Å². The van der Waals surface area contributed by atoms with Gasteiger partial charge in [0.15, 0.2) is 0 Å². The van der Waals surface area contributed by atoms with Crippen molar-refractivity contribution in [1.29, 1.82) is 0 Å². The Balaban J connectivity index is 1.97. The maximum absolute atomic E-state index is 13.4. The van der Waals surface area contributed by atoms with Gasteiger partial charge in [-0.25, -0.2) is 0 Å². The van der Waals surface area contributed by atoms with Crippen molar-refractivity contribution in [2.24, 2.45) is 5.92 Å². The molecule has 3 rings (SSSR count). The minimum Gasteiger partial charge on any atom is -0.491 e. The third-order valence-corrected chi connectivity index (χ3v) is 6.15. The summed E-state index contributed by atoms with van der Waals surface area (Å²) in [5.74, 6) is -0.537. The average Bonchev–Trinajstić information content (AvgIpc) is 2.88. The molecule has 3 amide bonds. The van der Waals surface area contributed by atoms with Crippen molar-refractivity contribution < 1.29 is 28.6 Å². The Bertz CT molecular complexity index is 1060. The van der Waals surface area contributed by atoms with Crippen molar-refractivity contribution in [3.05, 3.63) is 53.9 Å². The molecule has 1 N–H and O–H groups in total. The van der Waals surface area contributed by atoms with Gasteiger partial charge in [-0.05, 0) is 31.2 Å². The molecule has 10 heteroatoms. The summed E-state index contributed by atoms with van der Waals surface area (Å²) in [5, 5.41) is 2.73. The standard InChI is InChI=1S/C26H34N4O6/c1-17-13-30(26(33)21-8-6-7-11-27-21)18(2)15-36-22-12-19(28-24(31)16-34-4)9-10-20(22)25(32)29(3)14-23(17)35-5/h6-12,17-18,23H,13-16H2,1-5H3,(H,28,31)/t17-,18-,23-/m1/s1. The number of benzene rings is 1. The van der Waals surface area contributed by atoms with Crippen molar-refractivity contribution in [1.82, 2.24) is 14.8 Å². The number of fused-ring (bicyclic) bond motifs is 1. The van der Waals surface area contributed by atoms with E-state index >= 15 is 0 Å². The zero-order valence-electron chi connectivity index (χ0n) is 21.4. The van der Waals surface area contributed by atoms with Crippen LogP contribution in [0.15, 0.2) is 42.6 Å². The summed E-state index contributed by atoms with van der Waals surface area (Å²) in [6, 6.07) is 9.74. The molecule has 0 radical (unpaired) electrons. The summed E-state index contributed by atoms with van der Waals surface area (Å²) in [6.07, 6.45) is 1.28. The second kappa shape index (κ2) is 12.5. The van der Waals surface area contributed by atoms with Crippen LogP contribution in [-0.2, 0) is 14.3 Å². The number of likely N-dealkylation sites (N-methyl/N-ethyl adjacent to an activating group) is 1. The van der Waals surface area contributed by atoms with Gasteiger partial charge < -0.3 is 29.3 Å². The molecule has 3 atom stereocenters. The lowest BCUT2D eigenvalue weighted by Gasteiger charge is -2.36. The number of nitrogens with zero attached hydrogens (tertiary/aromatic N) is 3. The molecule has 0 fully saturated rings. The molecule has 0 unspecified atom stereocenters. The lowest BCUT2D eigenvalue weighted by Crippen LogP contribution is -2.48. The minimum absolute atomic E-state index is 0.0716. The highest BCUT2D eigenvalue weighted by Gasteiger charge is 2.31. The van der Waals surface area contributed by atoms with Crippen LogP contribution in [-0.4, -0.2) is 92.2 Å². The van der Waals surface area contributed by atoms with Gasteiger partial charge in [0.1, 0.15) is 24.7 Å². The number of hydrogen-bond acceptors (Lipinski definition) is 7. The summed E-state index contributed by atoms with van der Waals surface area (Å²) in [4.78, 5) is 46.2. The smallest absolute Gasteiger partial charge is 0.272 e. The van der Waals surface area contributed by atoms with Crippen molar-refractivity contribution in [3.63, 3.8) is 0 Å². The van der Waals surface area contributed by atoms with Crippen molar-refractivity contribution >= 4 is 23.4 Å². The molecule has 1 aliphatic rings. The van der Waals surface area contributed by atoms with Crippen molar-refractivity contribution in [2.45, 2.75) is 26.0 Å². The van der Waals surface area contributed by atoms with E-state index in [1.165, 1.54) is 7.11 Å². The molecule has 0 aliphatic carbocycles. The number of nitrogens with one attached hydrogen (secondary N) is 1. The van der Waals surface area contributed by atoms with Gasteiger partial charge in [-0.15, -0.1) is 0 Å². The molecular weight excluding hydrogens is 464 g/mol. The van der Waals surface area contributed by atoms with Gasteiger partial charge in [-0.3, -0.25) is 19.4 Å². The first-order chi connectivity index (χ1) is 17.2. The Morgan fingerprint density at radius 3 is 2.61 bits per heavy atom. The molecule has 0 saturated heterocycles. The Hall–Kier alpha value is -3.50. The van der Waals surface area contributed by atoms with Crippen LogP contribution in [0.2, 0.25) is 0 Å². The van der Waals surface area contributed by atoms with Crippen LogP contribution in [0.1, 0.15) is 34.7 Å². The predicted octanol–water partition coefficient (Wildman–Crippen LogP) is 2.31. The summed E-state index contributed by atoms with van der Waals surface area (Å²) >= 11 is 0. The van der Waals surface area contributed by atoms with E-state index in [-0.39, 0.29) is 49.0 Å². The Morgan fingerprint density at radius 2 is 1.94 bits per heavy atom. The van der Waals surface area contributed by atoms with Crippen molar-refractivity contribution in [2.75, 3.05) is 52.9 Å². The zero-order chi connectivity index (χ0) is 26.2. The fourth-order valence-electron chi connectivity index (χ4n) is 4.10. The first-order valence-electron chi connectivity index (χ1n) is 11.8. The van der Waals surface area contributed by atoms with E-state index in [0.29, 0.717) is 35.8 Å².